The summed E-state index contributed by atoms with van der Waals surface area (Å²) in [6, 6.07) is 14.3. The summed E-state index contributed by atoms with van der Waals surface area (Å²) in [5, 5.41) is 18.4. The van der Waals surface area contributed by atoms with Gasteiger partial charge in [0.15, 0.2) is 0 Å². The summed E-state index contributed by atoms with van der Waals surface area (Å²) in [6.45, 7) is 2.52. The molecule has 2 aromatic carbocycles. The fourth-order valence-electron chi connectivity index (χ4n) is 2.94. The SMILES string of the molecule is O=[N+]([O-])c1cc(/C=N/Nc2nc(Nc3ccccc3)nc(N3CCOCC3)n2)ccc1Br. The number of nitrogens with zero attached hydrogens (tertiary/aromatic N) is 6. The molecule has 0 amide bonds. The largest absolute Gasteiger partial charge is 0.378 e. The summed E-state index contributed by atoms with van der Waals surface area (Å²) >= 11 is 3.17. The number of ether oxygens (including phenoxy) is 1. The van der Waals surface area contributed by atoms with E-state index in [1.807, 2.05) is 35.2 Å². The van der Waals surface area contributed by atoms with E-state index in [4.69, 9.17) is 4.74 Å². The molecule has 0 bridgehead atoms. The molecule has 1 fully saturated rings. The number of hydrogen-bond acceptors (Lipinski definition) is 10. The predicted octanol–water partition coefficient (Wildman–Crippen LogP) is 3.57. The molecule has 4 rings (SSSR count). The second-order valence-corrected chi connectivity index (χ2v) is 7.57. The average molecular weight is 499 g/mol. The van der Waals surface area contributed by atoms with E-state index in [0.717, 1.165) is 5.69 Å². The summed E-state index contributed by atoms with van der Waals surface area (Å²) in [5.74, 6) is 1.10. The maximum absolute atomic E-state index is 11.1. The molecular formula is C20H19BrN8O3. The first kappa shape index (κ1) is 21.6. The Morgan fingerprint density at radius 3 is 2.59 bits per heavy atom. The van der Waals surface area contributed by atoms with Crippen LogP contribution in [0, 0.1) is 10.1 Å². The summed E-state index contributed by atoms with van der Waals surface area (Å²) in [6.07, 6.45) is 1.46. The van der Waals surface area contributed by atoms with Gasteiger partial charge in [0.25, 0.3) is 5.69 Å². The molecule has 0 aliphatic carbocycles. The van der Waals surface area contributed by atoms with E-state index in [0.29, 0.717) is 48.2 Å². The number of nitrogens with one attached hydrogen (secondary N) is 2. The first-order valence-corrected chi connectivity index (χ1v) is 10.5. The lowest BCUT2D eigenvalue weighted by atomic mass is 10.2. The number of nitro benzene ring substituents is 1. The molecule has 1 aromatic heterocycles. The molecule has 2 N–H and O–H groups in total. The number of halogens is 1. The van der Waals surface area contributed by atoms with Crippen molar-refractivity contribution in [2.75, 3.05) is 41.9 Å². The lowest BCUT2D eigenvalue weighted by molar-refractivity contribution is -0.385. The van der Waals surface area contributed by atoms with Crippen LogP contribution in [0.1, 0.15) is 5.56 Å². The molecule has 164 valence electrons. The van der Waals surface area contributed by atoms with Crippen LogP contribution >= 0.6 is 15.9 Å². The molecule has 0 radical (unpaired) electrons. The highest BCUT2D eigenvalue weighted by molar-refractivity contribution is 9.10. The van der Waals surface area contributed by atoms with Gasteiger partial charge in [0, 0.05) is 30.4 Å². The first-order chi connectivity index (χ1) is 15.6. The second-order valence-electron chi connectivity index (χ2n) is 6.71. The van der Waals surface area contributed by atoms with Crippen molar-refractivity contribution < 1.29 is 9.66 Å². The first-order valence-electron chi connectivity index (χ1n) is 9.72. The number of para-hydroxylation sites is 1. The number of benzene rings is 2. The molecule has 2 heterocycles. The van der Waals surface area contributed by atoms with Gasteiger partial charge in [-0.3, -0.25) is 10.1 Å². The summed E-state index contributed by atoms with van der Waals surface area (Å²) in [4.78, 5) is 26.0. The molecule has 0 unspecified atom stereocenters. The number of hydrazone groups is 1. The van der Waals surface area contributed by atoms with E-state index in [1.165, 1.54) is 12.3 Å². The van der Waals surface area contributed by atoms with Crippen LogP contribution in [0.3, 0.4) is 0 Å². The standard InChI is InChI=1S/C20H19BrN8O3/c21-16-7-6-14(12-17(16)29(30)31)13-22-27-19-24-18(23-15-4-2-1-3-5-15)25-20(26-19)28-8-10-32-11-9-28/h1-7,12-13H,8-11H2,(H2,23,24,25,26,27)/b22-13+. The van der Waals surface area contributed by atoms with Crippen LogP contribution in [0.15, 0.2) is 58.1 Å². The van der Waals surface area contributed by atoms with Crippen LogP contribution in [-0.2, 0) is 4.74 Å². The third-order valence-corrected chi connectivity index (χ3v) is 5.16. The maximum Gasteiger partial charge on any atom is 0.284 e. The molecule has 0 saturated carbocycles. The van der Waals surface area contributed by atoms with Gasteiger partial charge in [-0.15, -0.1) is 0 Å². The molecule has 1 aliphatic heterocycles. The van der Waals surface area contributed by atoms with Crippen LogP contribution in [0.2, 0.25) is 0 Å². The van der Waals surface area contributed by atoms with E-state index >= 15 is 0 Å². The van der Waals surface area contributed by atoms with Crippen molar-refractivity contribution >= 4 is 51.4 Å². The highest BCUT2D eigenvalue weighted by Crippen LogP contribution is 2.25. The van der Waals surface area contributed by atoms with Crippen molar-refractivity contribution in [3.8, 4) is 0 Å². The Balaban J connectivity index is 1.56. The monoisotopic (exact) mass is 498 g/mol. The van der Waals surface area contributed by atoms with Gasteiger partial charge in [-0.05, 0) is 34.1 Å². The van der Waals surface area contributed by atoms with Crippen LogP contribution in [0.25, 0.3) is 0 Å². The summed E-state index contributed by atoms with van der Waals surface area (Å²) in [7, 11) is 0. The molecule has 1 aliphatic rings. The molecule has 32 heavy (non-hydrogen) atoms. The highest BCUT2D eigenvalue weighted by Gasteiger charge is 2.17. The minimum absolute atomic E-state index is 0.0435. The predicted molar refractivity (Wildman–Crippen MR) is 125 cm³/mol. The molecule has 0 spiro atoms. The van der Waals surface area contributed by atoms with Crippen molar-refractivity contribution in [2.45, 2.75) is 0 Å². The van der Waals surface area contributed by atoms with Crippen molar-refractivity contribution in [3.63, 3.8) is 0 Å². The third-order valence-electron chi connectivity index (χ3n) is 4.49. The lowest BCUT2D eigenvalue weighted by Crippen LogP contribution is -2.37. The van der Waals surface area contributed by atoms with Gasteiger partial charge in [0.2, 0.25) is 17.8 Å². The van der Waals surface area contributed by atoms with E-state index in [1.54, 1.807) is 12.1 Å². The fourth-order valence-corrected chi connectivity index (χ4v) is 3.33. The van der Waals surface area contributed by atoms with Crippen molar-refractivity contribution in [3.05, 3.63) is 68.7 Å². The van der Waals surface area contributed by atoms with Crippen molar-refractivity contribution in [1.82, 2.24) is 15.0 Å². The fraction of sp³-hybridized carbons (Fsp3) is 0.200. The third kappa shape index (κ3) is 5.53. The van der Waals surface area contributed by atoms with Crippen LogP contribution < -0.4 is 15.6 Å². The Hall–Kier alpha value is -3.64. The highest BCUT2D eigenvalue weighted by atomic mass is 79.9. The number of aromatic nitrogens is 3. The molecular weight excluding hydrogens is 480 g/mol. The number of morpholine rings is 1. The normalized spacial score (nSPS) is 13.8. The van der Waals surface area contributed by atoms with Gasteiger partial charge in [-0.25, -0.2) is 5.43 Å². The zero-order valence-corrected chi connectivity index (χ0v) is 18.4. The van der Waals surface area contributed by atoms with E-state index in [2.05, 4.69) is 46.7 Å². The van der Waals surface area contributed by atoms with Crippen LogP contribution in [0.5, 0.6) is 0 Å². The van der Waals surface area contributed by atoms with Gasteiger partial charge in [-0.2, -0.15) is 20.1 Å². The van der Waals surface area contributed by atoms with Gasteiger partial charge in [-0.1, -0.05) is 24.3 Å². The summed E-state index contributed by atoms with van der Waals surface area (Å²) < 4.78 is 5.81. The Morgan fingerprint density at radius 2 is 1.84 bits per heavy atom. The smallest absolute Gasteiger partial charge is 0.284 e. The van der Waals surface area contributed by atoms with Crippen LogP contribution in [0.4, 0.5) is 29.2 Å². The van der Waals surface area contributed by atoms with Gasteiger partial charge in [0.05, 0.1) is 28.8 Å². The minimum atomic E-state index is -0.461. The Kier molecular flexibility index (Phi) is 6.82. The molecule has 1 saturated heterocycles. The zero-order valence-electron chi connectivity index (χ0n) is 16.8. The number of rotatable bonds is 7. The minimum Gasteiger partial charge on any atom is -0.378 e. The summed E-state index contributed by atoms with van der Waals surface area (Å²) in [5.41, 5.74) is 4.14. The Bertz CT molecular complexity index is 1120. The zero-order chi connectivity index (χ0) is 22.3. The second kappa shape index (κ2) is 10.1. The molecule has 11 nitrogen and oxygen atoms in total. The number of anilines is 4. The molecule has 0 atom stereocenters. The maximum atomic E-state index is 11.1. The van der Waals surface area contributed by atoms with Crippen molar-refractivity contribution in [1.29, 1.82) is 0 Å². The number of hydrogen-bond donors (Lipinski definition) is 2. The number of nitro groups is 1. The molecule has 12 heteroatoms. The van der Waals surface area contributed by atoms with E-state index < -0.39 is 4.92 Å². The topological polar surface area (TPSA) is 131 Å². The van der Waals surface area contributed by atoms with Gasteiger partial charge < -0.3 is 15.0 Å². The molecule has 3 aromatic rings. The Labute approximate surface area is 191 Å². The lowest BCUT2D eigenvalue weighted by Gasteiger charge is -2.27. The Morgan fingerprint density at radius 1 is 1.09 bits per heavy atom. The average Bonchev–Trinajstić information content (AvgIpc) is 2.81. The van der Waals surface area contributed by atoms with Crippen LogP contribution in [-0.4, -0.2) is 52.4 Å². The van der Waals surface area contributed by atoms with Crippen molar-refractivity contribution in [2.24, 2.45) is 5.10 Å². The van der Waals surface area contributed by atoms with E-state index in [9.17, 15) is 10.1 Å². The quantitative estimate of drug-likeness (QED) is 0.285. The van der Waals surface area contributed by atoms with Gasteiger partial charge >= 0.3 is 0 Å². The van der Waals surface area contributed by atoms with Gasteiger partial charge in [0.1, 0.15) is 0 Å². The van der Waals surface area contributed by atoms with E-state index in [-0.39, 0.29) is 11.6 Å².